The Kier molecular flexibility index (Phi) is 5.67. The molecule has 3 nitrogen and oxygen atoms in total. The van der Waals surface area contributed by atoms with E-state index in [4.69, 9.17) is 10.5 Å². The molecule has 4 heteroatoms. The van der Waals surface area contributed by atoms with Gasteiger partial charge in [-0.05, 0) is 33.1 Å². The first-order chi connectivity index (χ1) is 6.63. The molecule has 0 aromatic carbocycles. The van der Waals surface area contributed by atoms with Gasteiger partial charge in [0.05, 0.1) is 0 Å². The maximum atomic E-state index is 11.6. The number of nitrogens with two attached hydrogens (primary N) is 1. The van der Waals surface area contributed by atoms with E-state index >= 15 is 0 Å². The normalized spacial score (nSPS) is 16.3. The summed E-state index contributed by atoms with van der Waals surface area (Å²) in [6.45, 7) is 9.63. The van der Waals surface area contributed by atoms with Gasteiger partial charge >= 0.3 is 5.97 Å². The number of thiol groups is 1. The number of carbonyl (C=O) groups excluding carboxylic acids is 1. The zero-order valence-corrected chi connectivity index (χ0v) is 11.2. The summed E-state index contributed by atoms with van der Waals surface area (Å²) in [7, 11) is 0. The van der Waals surface area contributed by atoms with Crippen LogP contribution in [0.5, 0.6) is 0 Å². The van der Waals surface area contributed by atoms with Gasteiger partial charge in [0.15, 0.2) is 0 Å². The van der Waals surface area contributed by atoms with E-state index in [9.17, 15) is 4.79 Å². The first-order valence-electron chi connectivity index (χ1n) is 5.30. The third kappa shape index (κ3) is 6.79. The minimum absolute atomic E-state index is 0.247. The van der Waals surface area contributed by atoms with Crippen LogP contribution in [0.3, 0.4) is 0 Å². The summed E-state index contributed by atoms with van der Waals surface area (Å²) in [5.74, 6) is 0.121. The molecule has 0 saturated heterocycles. The Balaban J connectivity index is 4.20. The molecular weight excluding hydrogens is 210 g/mol. The van der Waals surface area contributed by atoms with Crippen LogP contribution in [0.15, 0.2) is 0 Å². The van der Waals surface area contributed by atoms with Gasteiger partial charge in [0.25, 0.3) is 0 Å². The van der Waals surface area contributed by atoms with E-state index in [1.165, 1.54) is 0 Å². The Morgan fingerprint density at radius 1 is 1.40 bits per heavy atom. The minimum Gasteiger partial charge on any atom is -0.459 e. The summed E-state index contributed by atoms with van der Waals surface area (Å²) >= 11 is 4.21. The van der Waals surface area contributed by atoms with Gasteiger partial charge < -0.3 is 10.5 Å². The summed E-state index contributed by atoms with van der Waals surface area (Å²) in [4.78, 5) is 11.6. The van der Waals surface area contributed by atoms with Crippen LogP contribution in [-0.4, -0.2) is 22.9 Å². The largest absolute Gasteiger partial charge is 0.459 e. The SMILES string of the molecule is CC(C)CC(N)C(S)C(=O)OC(C)(C)C. The molecule has 15 heavy (non-hydrogen) atoms. The summed E-state index contributed by atoms with van der Waals surface area (Å²) in [5.41, 5.74) is 5.38. The number of hydrogen-bond acceptors (Lipinski definition) is 4. The van der Waals surface area contributed by atoms with Crippen LogP contribution in [0.1, 0.15) is 41.0 Å². The molecule has 0 saturated carbocycles. The van der Waals surface area contributed by atoms with E-state index in [0.717, 1.165) is 6.42 Å². The molecule has 0 spiro atoms. The lowest BCUT2D eigenvalue weighted by Gasteiger charge is -2.25. The quantitative estimate of drug-likeness (QED) is 0.577. The Bertz CT molecular complexity index is 211. The Hall–Kier alpha value is -0.220. The van der Waals surface area contributed by atoms with Gasteiger partial charge in [0.2, 0.25) is 0 Å². The summed E-state index contributed by atoms with van der Waals surface area (Å²) in [5, 5.41) is -0.536. The lowest BCUT2D eigenvalue weighted by atomic mass is 10.0. The standard InChI is InChI=1S/C11H23NO2S/c1-7(2)6-8(12)9(15)10(13)14-11(3,4)5/h7-9,15H,6,12H2,1-5H3. The van der Waals surface area contributed by atoms with Crippen molar-refractivity contribution >= 4 is 18.6 Å². The molecule has 2 unspecified atom stereocenters. The van der Waals surface area contributed by atoms with Crippen molar-refractivity contribution in [3.8, 4) is 0 Å². The van der Waals surface area contributed by atoms with Gasteiger partial charge in [-0.3, -0.25) is 4.79 Å². The molecule has 0 aliphatic heterocycles. The Morgan fingerprint density at radius 3 is 2.20 bits per heavy atom. The number of ether oxygens (including phenoxy) is 1. The highest BCUT2D eigenvalue weighted by atomic mass is 32.1. The van der Waals surface area contributed by atoms with Gasteiger partial charge in [0, 0.05) is 6.04 Å². The fraction of sp³-hybridized carbons (Fsp3) is 0.909. The molecular formula is C11H23NO2S. The fourth-order valence-electron chi connectivity index (χ4n) is 1.21. The van der Waals surface area contributed by atoms with E-state index in [1.54, 1.807) is 0 Å². The molecule has 0 fully saturated rings. The van der Waals surface area contributed by atoms with Crippen molar-refractivity contribution in [1.82, 2.24) is 0 Å². The number of esters is 1. The van der Waals surface area contributed by atoms with E-state index < -0.39 is 10.9 Å². The Morgan fingerprint density at radius 2 is 1.87 bits per heavy atom. The Labute approximate surface area is 98.2 Å². The molecule has 0 aromatic rings. The second kappa shape index (κ2) is 5.75. The second-order valence-electron chi connectivity index (χ2n) is 5.27. The fourth-order valence-corrected chi connectivity index (χ4v) is 1.38. The molecule has 0 rings (SSSR count). The summed E-state index contributed by atoms with van der Waals surface area (Å²) in [6.07, 6.45) is 0.771. The van der Waals surface area contributed by atoms with Crippen LogP contribution in [0, 0.1) is 5.92 Å². The second-order valence-corrected chi connectivity index (χ2v) is 5.83. The van der Waals surface area contributed by atoms with Crippen LogP contribution >= 0.6 is 12.6 Å². The highest BCUT2D eigenvalue weighted by molar-refractivity contribution is 7.81. The molecule has 0 radical (unpaired) electrons. The maximum absolute atomic E-state index is 11.6. The van der Waals surface area contributed by atoms with Crippen LogP contribution in [0.4, 0.5) is 0 Å². The smallest absolute Gasteiger partial charge is 0.320 e. The predicted octanol–water partition coefficient (Wildman–Crippen LogP) is 2.00. The van der Waals surface area contributed by atoms with E-state index in [0.29, 0.717) is 5.92 Å². The van der Waals surface area contributed by atoms with Crippen molar-refractivity contribution in [2.75, 3.05) is 0 Å². The van der Waals surface area contributed by atoms with Gasteiger partial charge in [-0.2, -0.15) is 12.6 Å². The molecule has 2 atom stereocenters. The first kappa shape index (κ1) is 14.8. The number of rotatable bonds is 4. The molecule has 0 aliphatic rings. The highest BCUT2D eigenvalue weighted by Gasteiger charge is 2.27. The highest BCUT2D eigenvalue weighted by Crippen LogP contribution is 2.15. The van der Waals surface area contributed by atoms with Crippen LogP contribution in [0.25, 0.3) is 0 Å². The molecule has 0 bridgehead atoms. The molecule has 0 amide bonds. The first-order valence-corrected chi connectivity index (χ1v) is 5.81. The topological polar surface area (TPSA) is 52.3 Å². The molecule has 0 aromatic heterocycles. The summed E-state index contributed by atoms with van der Waals surface area (Å²) < 4.78 is 5.21. The average molecular weight is 233 g/mol. The maximum Gasteiger partial charge on any atom is 0.320 e. The third-order valence-corrected chi connectivity index (χ3v) is 2.39. The number of carbonyl (C=O) groups is 1. The van der Waals surface area contributed by atoms with Crippen molar-refractivity contribution in [2.45, 2.75) is 57.9 Å². The zero-order valence-electron chi connectivity index (χ0n) is 10.3. The number of hydrogen-bond donors (Lipinski definition) is 2. The van der Waals surface area contributed by atoms with Crippen LogP contribution < -0.4 is 5.73 Å². The average Bonchev–Trinajstić information content (AvgIpc) is 1.98. The van der Waals surface area contributed by atoms with E-state index in [2.05, 4.69) is 26.5 Å². The van der Waals surface area contributed by atoms with Crippen LogP contribution in [0.2, 0.25) is 0 Å². The molecule has 2 N–H and O–H groups in total. The van der Waals surface area contributed by atoms with Crippen molar-refractivity contribution in [3.05, 3.63) is 0 Å². The van der Waals surface area contributed by atoms with E-state index in [1.807, 2.05) is 20.8 Å². The summed E-state index contributed by atoms with van der Waals surface area (Å²) in [6, 6.07) is -0.247. The lowest BCUT2D eigenvalue weighted by molar-refractivity contribution is -0.154. The van der Waals surface area contributed by atoms with Gasteiger partial charge in [0.1, 0.15) is 10.9 Å². The van der Waals surface area contributed by atoms with Crippen molar-refractivity contribution in [3.63, 3.8) is 0 Å². The lowest BCUT2D eigenvalue weighted by Crippen LogP contribution is -2.41. The van der Waals surface area contributed by atoms with Gasteiger partial charge in [-0.15, -0.1) is 0 Å². The van der Waals surface area contributed by atoms with Gasteiger partial charge in [-0.1, -0.05) is 13.8 Å². The van der Waals surface area contributed by atoms with Crippen molar-refractivity contribution in [1.29, 1.82) is 0 Å². The van der Waals surface area contributed by atoms with Gasteiger partial charge in [-0.25, -0.2) is 0 Å². The monoisotopic (exact) mass is 233 g/mol. The molecule has 0 heterocycles. The van der Waals surface area contributed by atoms with Crippen molar-refractivity contribution < 1.29 is 9.53 Å². The zero-order chi connectivity index (χ0) is 12.2. The van der Waals surface area contributed by atoms with Crippen molar-refractivity contribution in [2.24, 2.45) is 11.7 Å². The van der Waals surface area contributed by atoms with E-state index in [-0.39, 0.29) is 12.0 Å². The van der Waals surface area contributed by atoms with Crippen LogP contribution in [-0.2, 0) is 9.53 Å². The predicted molar refractivity (Wildman–Crippen MR) is 66.0 cm³/mol. The molecule has 0 aliphatic carbocycles. The third-order valence-electron chi connectivity index (χ3n) is 1.80. The molecule has 90 valence electrons. The minimum atomic E-state index is -0.536.